The number of nitrogens with zero attached hydrogens (tertiary/aromatic N) is 2. The van der Waals surface area contributed by atoms with Gasteiger partial charge in [0.2, 0.25) is 0 Å². The maximum Gasteiger partial charge on any atom is 0.142 e. The van der Waals surface area contributed by atoms with E-state index in [1.807, 2.05) is 36.6 Å². The van der Waals surface area contributed by atoms with E-state index in [0.29, 0.717) is 27.4 Å². The van der Waals surface area contributed by atoms with E-state index in [2.05, 4.69) is 9.97 Å². The maximum atomic E-state index is 6.16. The monoisotopic (exact) mass is 284 g/mol. The zero-order valence-corrected chi connectivity index (χ0v) is 11.5. The molecule has 1 aromatic heterocycles. The third-order valence-electron chi connectivity index (χ3n) is 2.20. The average Bonchev–Trinajstić information content (AvgIpc) is 2.30. The molecule has 5 heteroatoms. The van der Waals surface area contributed by atoms with Crippen LogP contribution >= 0.6 is 35.0 Å². The van der Waals surface area contributed by atoms with Crippen molar-refractivity contribution in [2.24, 2.45) is 0 Å². The minimum atomic E-state index is 0.403. The second kappa shape index (κ2) is 5.71. The zero-order chi connectivity index (χ0) is 12.3. The summed E-state index contributed by atoms with van der Waals surface area (Å²) >= 11 is 14.0. The lowest BCUT2D eigenvalue weighted by Crippen LogP contribution is -1.96. The van der Waals surface area contributed by atoms with Crippen LogP contribution < -0.4 is 0 Å². The molecule has 0 bridgehead atoms. The first kappa shape index (κ1) is 12.7. The lowest BCUT2D eigenvalue weighted by molar-refractivity contribution is 1.04. The fourth-order valence-electron chi connectivity index (χ4n) is 1.49. The van der Waals surface area contributed by atoms with E-state index in [0.717, 1.165) is 5.56 Å². The van der Waals surface area contributed by atoms with Gasteiger partial charge >= 0.3 is 0 Å². The van der Waals surface area contributed by atoms with Crippen LogP contribution in [0.2, 0.25) is 10.3 Å². The fourth-order valence-corrected chi connectivity index (χ4v) is 2.51. The van der Waals surface area contributed by atoms with E-state index in [1.165, 1.54) is 0 Å². The van der Waals surface area contributed by atoms with E-state index < -0.39 is 0 Å². The van der Waals surface area contributed by atoms with E-state index in [9.17, 15) is 0 Å². The highest BCUT2D eigenvalue weighted by Crippen LogP contribution is 2.32. The van der Waals surface area contributed by atoms with Gasteiger partial charge in [-0.25, -0.2) is 9.97 Å². The van der Waals surface area contributed by atoms with Gasteiger partial charge in [-0.15, -0.1) is 0 Å². The summed E-state index contributed by atoms with van der Waals surface area (Å²) in [6, 6.07) is 9.67. The molecule has 0 saturated heterocycles. The van der Waals surface area contributed by atoms with Crippen LogP contribution in [0.25, 0.3) is 11.1 Å². The molecule has 0 radical (unpaired) electrons. The van der Waals surface area contributed by atoms with Gasteiger partial charge in [-0.2, -0.15) is 11.8 Å². The lowest BCUT2D eigenvalue weighted by atomic mass is 10.1. The minimum Gasteiger partial charge on any atom is -0.220 e. The van der Waals surface area contributed by atoms with Gasteiger partial charge in [0, 0.05) is 0 Å². The molecule has 0 atom stereocenters. The summed E-state index contributed by atoms with van der Waals surface area (Å²) < 4.78 is 0. The van der Waals surface area contributed by atoms with Crippen molar-refractivity contribution in [2.45, 2.75) is 5.75 Å². The molecule has 0 amide bonds. The molecule has 0 aliphatic rings. The van der Waals surface area contributed by atoms with Crippen molar-refractivity contribution < 1.29 is 0 Å². The Morgan fingerprint density at radius 2 is 1.65 bits per heavy atom. The van der Waals surface area contributed by atoms with Gasteiger partial charge in [-0.05, 0) is 11.8 Å². The van der Waals surface area contributed by atoms with Crippen LogP contribution in [0.5, 0.6) is 0 Å². The summed E-state index contributed by atoms with van der Waals surface area (Å²) in [4.78, 5) is 8.50. The third kappa shape index (κ3) is 2.92. The normalized spacial score (nSPS) is 10.5. The predicted molar refractivity (Wildman–Crippen MR) is 74.7 cm³/mol. The molecular formula is C12H10Cl2N2S. The Morgan fingerprint density at radius 1 is 1.06 bits per heavy atom. The van der Waals surface area contributed by atoms with Crippen molar-refractivity contribution in [1.29, 1.82) is 0 Å². The fraction of sp³-hybridized carbons (Fsp3) is 0.167. The Balaban J connectivity index is 2.49. The third-order valence-corrected chi connectivity index (χ3v) is 3.30. The first-order chi connectivity index (χ1) is 8.22. The SMILES string of the molecule is CSCc1nc(Cl)c(-c2ccccc2)c(Cl)n1. The van der Waals surface area contributed by atoms with Crippen LogP contribution in [0.1, 0.15) is 5.82 Å². The Bertz CT molecular complexity index is 494. The van der Waals surface area contributed by atoms with Gasteiger partial charge in [0.05, 0.1) is 11.3 Å². The summed E-state index contributed by atoms with van der Waals surface area (Å²) in [7, 11) is 0. The Morgan fingerprint density at radius 3 is 2.18 bits per heavy atom. The minimum absolute atomic E-state index is 0.403. The number of halogens is 2. The molecular weight excluding hydrogens is 275 g/mol. The highest BCUT2D eigenvalue weighted by molar-refractivity contribution is 7.97. The average molecular weight is 285 g/mol. The molecule has 0 fully saturated rings. The van der Waals surface area contributed by atoms with E-state index >= 15 is 0 Å². The van der Waals surface area contributed by atoms with Gasteiger partial charge in [0.15, 0.2) is 0 Å². The molecule has 0 spiro atoms. The quantitative estimate of drug-likeness (QED) is 0.786. The van der Waals surface area contributed by atoms with Crippen LogP contribution in [0.15, 0.2) is 30.3 Å². The molecule has 1 aromatic carbocycles. The van der Waals surface area contributed by atoms with E-state index in [1.54, 1.807) is 11.8 Å². The predicted octanol–water partition coefficient (Wildman–Crippen LogP) is 4.31. The first-order valence-electron chi connectivity index (χ1n) is 4.98. The van der Waals surface area contributed by atoms with Gasteiger partial charge in [0.1, 0.15) is 16.1 Å². The molecule has 2 nitrogen and oxygen atoms in total. The van der Waals surface area contributed by atoms with E-state index in [-0.39, 0.29) is 0 Å². The van der Waals surface area contributed by atoms with Gasteiger partial charge in [-0.1, -0.05) is 53.5 Å². The molecule has 0 aliphatic carbocycles. The number of benzene rings is 1. The van der Waals surface area contributed by atoms with Gasteiger partial charge < -0.3 is 0 Å². The molecule has 0 unspecified atom stereocenters. The largest absolute Gasteiger partial charge is 0.220 e. The summed E-state index contributed by atoms with van der Waals surface area (Å²) in [6.07, 6.45) is 1.98. The van der Waals surface area contributed by atoms with Crippen molar-refractivity contribution in [2.75, 3.05) is 6.26 Å². The molecule has 0 saturated carbocycles. The molecule has 0 N–H and O–H groups in total. The van der Waals surface area contributed by atoms with E-state index in [4.69, 9.17) is 23.2 Å². The Hall–Kier alpha value is -0.770. The number of hydrogen-bond acceptors (Lipinski definition) is 3. The number of aromatic nitrogens is 2. The smallest absolute Gasteiger partial charge is 0.142 e. The molecule has 17 heavy (non-hydrogen) atoms. The topological polar surface area (TPSA) is 25.8 Å². The summed E-state index contributed by atoms with van der Waals surface area (Å²) in [5.74, 6) is 1.36. The standard InChI is InChI=1S/C12H10Cl2N2S/c1-17-7-9-15-11(13)10(12(14)16-9)8-5-3-2-4-6-8/h2-6H,7H2,1H3. The second-order valence-corrected chi connectivity index (χ2v) is 4.98. The highest BCUT2D eigenvalue weighted by atomic mass is 35.5. The maximum absolute atomic E-state index is 6.16. The molecule has 2 rings (SSSR count). The number of rotatable bonds is 3. The van der Waals surface area contributed by atoms with Crippen molar-refractivity contribution in [3.63, 3.8) is 0 Å². The molecule has 0 aliphatic heterocycles. The van der Waals surface area contributed by atoms with Crippen LogP contribution in [-0.4, -0.2) is 16.2 Å². The Kier molecular flexibility index (Phi) is 4.26. The second-order valence-electron chi connectivity index (χ2n) is 3.40. The molecule has 1 heterocycles. The van der Waals surface area contributed by atoms with Crippen LogP contribution in [0.4, 0.5) is 0 Å². The highest BCUT2D eigenvalue weighted by Gasteiger charge is 2.12. The number of hydrogen-bond donors (Lipinski definition) is 0. The van der Waals surface area contributed by atoms with Gasteiger partial charge in [0.25, 0.3) is 0 Å². The van der Waals surface area contributed by atoms with Crippen molar-refractivity contribution in [3.8, 4) is 11.1 Å². The molecule has 88 valence electrons. The number of thioether (sulfide) groups is 1. The lowest BCUT2D eigenvalue weighted by Gasteiger charge is -2.07. The van der Waals surface area contributed by atoms with Crippen molar-refractivity contribution >= 4 is 35.0 Å². The van der Waals surface area contributed by atoms with Crippen molar-refractivity contribution in [1.82, 2.24) is 9.97 Å². The van der Waals surface area contributed by atoms with Gasteiger partial charge in [-0.3, -0.25) is 0 Å². The Labute approximate surface area is 114 Å². The zero-order valence-electron chi connectivity index (χ0n) is 9.15. The molecule has 2 aromatic rings. The summed E-state index contributed by atoms with van der Waals surface area (Å²) in [6.45, 7) is 0. The van der Waals surface area contributed by atoms with Crippen LogP contribution in [0.3, 0.4) is 0 Å². The summed E-state index contributed by atoms with van der Waals surface area (Å²) in [5, 5.41) is 0.806. The van der Waals surface area contributed by atoms with Crippen LogP contribution in [0, 0.1) is 0 Å². The first-order valence-corrected chi connectivity index (χ1v) is 7.13. The van der Waals surface area contributed by atoms with Crippen LogP contribution in [-0.2, 0) is 5.75 Å². The summed E-state index contributed by atoms with van der Waals surface area (Å²) in [5.41, 5.74) is 1.62. The van der Waals surface area contributed by atoms with Crippen molar-refractivity contribution in [3.05, 3.63) is 46.5 Å².